The lowest BCUT2D eigenvalue weighted by molar-refractivity contribution is -0.116. The predicted molar refractivity (Wildman–Crippen MR) is 101 cm³/mol. The van der Waals surface area contributed by atoms with Gasteiger partial charge in [0.15, 0.2) is 0 Å². The maximum absolute atomic E-state index is 11.9. The van der Waals surface area contributed by atoms with Crippen molar-refractivity contribution in [3.8, 4) is 5.75 Å². The van der Waals surface area contributed by atoms with Crippen LogP contribution in [0.25, 0.3) is 0 Å². The molecular weight excluding hydrogens is 403 g/mol. The van der Waals surface area contributed by atoms with Crippen molar-refractivity contribution in [2.24, 2.45) is 0 Å². The molecule has 0 bridgehead atoms. The minimum Gasteiger partial charge on any atom is -0.494 e. The van der Waals surface area contributed by atoms with Gasteiger partial charge in [-0.3, -0.25) is 9.78 Å². The van der Waals surface area contributed by atoms with Crippen molar-refractivity contribution in [1.82, 2.24) is 4.98 Å². The van der Waals surface area contributed by atoms with Crippen LogP contribution in [-0.4, -0.2) is 17.5 Å². The topological polar surface area (TPSA) is 51.2 Å². The normalized spacial score (nSPS) is 10.3. The fourth-order valence-corrected chi connectivity index (χ4v) is 2.67. The van der Waals surface area contributed by atoms with E-state index in [4.69, 9.17) is 4.74 Å². The van der Waals surface area contributed by atoms with Gasteiger partial charge in [-0.15, -0.1) is 0 Å². The highest BCUT2D eigenvalue weighted by Crippen LogP contribution is 2.15. The third-order valence-electron chi connectivity index (χ3n) is 3.29. The summed E-state index contributed by atoms with van der Waals surface area (Å²) in [5.74, 6) is 0.955. The van der Waals surface area contributed by atoms with Gasteiger partial charge < -0.3 is 10.1 Å². The van der Waals surface area contributed by atoms with Crippen LogP contribution in [0.5, 0.6) is 5.75 Å². The number of rotatable bonds is 8. The van der Waals surface area contributed by atoms with Crippen LogP contribution in [0.4, 0.5) is 5.69 Å². The Morgan fingerprint density at radius 3 is 2.87 bits per heavy atom. The van der Waals surface area contributed by atoms with Gasteiger partial charge >= 0.3 is 0 Å². The standard InChI is InChI=1S/C18H21IN2O2/c1-14-12-16(9-10-20-14)21-18(22)8-3-2-4-11-23-17-7-5-6-15(19)13-17/h5-7,9-10,12-13H,2-4,8,11H2,1H3,(H,20,21,22). The number of benzene rings is 1. The second-order valence-electron chi connectivity index (χ2n) is 5.35. The van der Waals surface area contributed by atoms with Crippen molar-refractivity contribution in [1.29, 1.82) is 0 Å². The fourth-order valence-electron chi connectivity index (χ4n) is 2.16. The van der Waals surface area contributed by atoms with Crippen LogP contribution in [0, 0.1) is 10.5 Å². The lowest BCUT2D eigenvalue weighted by atomic mass is 10.2. The SMILES string of the molecule is Cc1cc(NC(=O)CCCCCOc2cccc(I)c2)ccn1. The van der Waals surface area contributed by atoms with E-state index in [2.05, 4.69) is 32.9 Å². The van der Waals surface area contributed by atoms with E-state index in [-0.39, 0.29) is 5.91 Å². The molecule has 0 aliphatic rings. The van der Waals surface area contributed by atoms with Crippen LogP contribution in [0.3, 0.4) is 0 Å². The molecule has 0 spiro atoms. The van der Waals surface area contributed by atoms with Crippen molar-refractivity contribution in [2.75, 3.05) is 11.9 Å². The highest BCUT2D eigenvalue weighted by molar-refractivity contribution is 14.1. The number of amides is 1. The number of ether oxygens (including phenoxy) is 1. The van der Waals surface area contributed by atoms with Crippen molar-refractivity contribution in [2.45, 2.75) is 32.6 Å². The number of halogens is 1. The number of aryl methyl sites for hydroxylation is 1. The maximum Gasteiger partial charge on any atom is 0.224 e. The molecule has 1 heterocycles. The second kappa shape index (κ2) is 9.50. The molecule has 0 atom stereocenters. The summed E-state index contributed by atoms with van der Waals surface area (Å²) >= 11 is 2.27. The molecule has 1 aromatic heterocycles. The third-order valence-corrected chi connectivity index (χ3v) is 3.96. The number of carbonyl (C=O) groups is 1. The zero-order valence-electron chi connectivity index (χ0n) is 13.2. The Morgan fingerprint density at radius 1 is 1.22 bits per heavy atom. The number of aromatic nitrogens is 1. The van der Waals surface area contributed by atoms with E-state index < -0.39 is 0 Å². The number of carbonyl (C=O) groups excluding carboxylic acids is 1. The molecule has 0 saturated heterocycles. The highest BCUT2D eigenvalue weighted by atomic mass is 127. The van der Waals surface area contributed by atoms with Gasteiger partial charge in [-0.05, 0) is 79.1 Å². The minimum atomic E-state index is 0.0501. The van der Waals surface area contributed by atoms with Crippen LogP contribution in [-0.2, 0) is 4.79 Å². The molecule has 5 heteroatoms. The Balaban J connectivity index is 1.57. The zero-order chi connectivity index (χ0) is 16.5. The molecule has 23 heavy (non-hydrogen) atoms. The van der Waals surface area contributed by atoms with E-state index in [1.165, 1.54) is 3.57 Å². The summed E-state index contributed by atoms with van der Waals surface area (Å²) in [4.78, 5) is 16.0. The number of nitrogens with one attached hydrogen (secondary N) is 1. The summed E-state index contributed by atoms with van der Waals surface area (Å²) in [7, 11) is 0. The Bertz CT molecular complexity index is 646. The molecule has 1 amide bonds. The predicted octanol–water partition coefficient (Wildman–Crippen LogP) is 4.57. The molecule has 0 unspecified atom stereocenters. The molecule has 4 nitrogen and oxygen atoms in total. The number of pyridine rings is 1. The molecule has 2 aromatic rings. The second-order valence-corrected chi connectivity index (χ2v) is 6.60. The summed E-state index contributed by atoms with van der Waals surface area (Å²) in [5, 5.41) is 2.89. The van der Waals surface area contributed by atoms with Gasteiger partial charge in [-0.25, -0.2) is 0 Å². The average Bonchev–Trinajstić information content (AvgIpc) is 2.51. The van der Waals surface area contributed by atoms with E-state index in [0.717, 1.165) is 36.4 Å². The van der Waals surface area contributed by atoms with Crippen LogP contribution < -0.4 is 10.1 Å². The van der Waals surface area contributed by atoms with E-state index in [1.807, 2.05) is 37.3 Å². The van der Waals surface area contributed by atoms with Gasteiger partial charge in [-0.1, -0.05) is 6.07 Å². The third kappa shape index (κ3) is 6.99. The van der Waals surface area contributed by atoms with Gasteiger partial charge in [0.25, 0.3) is 0 Å². The lowest BCUT2D eigenvalue weighted by Gasteiger charge is -2.07. The molecule has 0 aliphatic carbocycles. The Kier molecular flexibility index (Phi) is 7.32. The first-order valence-corrected chi connectivity index (χ1v) is 8.82. The first kappa shape index (κ1) is 17.7. The molecule has 1 aromatic carbocycles. The summed E-state index contributed by atoms with van der Waals surface area (Å²) in [6.07, 6.45) is 5.03. The Hall–Kier alpha value is -1.63. The first-order valence-electron chi connectivity index (χ1n) is 7.74. The Morgan fingerprint density at radius 2 is 2.09 bits per heavy atom. The number of anilines is 1. The van der Waals surface area contributed by atoms with Gasteiger partial charge in [0, 0.05) is 27.6 Å². The monoisotopic (exact) mass is 424 g/mol. The smallest absolute Gasteiger partial charge is 0.224 e. The van der Waals surface area contributed by atoms with Crippen molar-refractivity contribution >= 4 is 34.2 Å². The minimum absolute atomic E-state index is 0.0501. The average molecular weight is 424 g/mol. The van der Waals surface area contributed by atoms with Crippen LogP contribution in [0.15, 0.2) is 42.6 Å². The van der Waals surface area contributed by atoms with E-state index >= 15 is 0 Å². The summed E-state index contributed by atoms with van der Waals surface area (Å²) in [6, 6.07) is 11.7. The molecule has 0 aliphatic heterocycles. The fraction of sp³-hybridized carbons (Fsp3) is 0.333. The summed E-state index contributed by atoms with van der Waals surface area (Å²) in [5.41, 5.74) is 1.71. The number of hydrogen-bond acceptors (Lipinski definition) is 3. The van der Waals surface area contributed by atoms with Crippen molar-refractivity contribution in [3.63, 3.8) is 0 Å². The Labute approximate surface area is 150 Å². The van der Waals surface area contributed by atoms with Gasteiger partial charge in [-0.2, -0.15) is 0 Å². The molecule has 0 saturated carbocycles. The van der Waals surface area contributed by atoms with Gasteiger partial charge in [0.2, 0.25) is 5.91 Å². The number of nitrogens with zero attached hydrogens (tertiary/aromatic N) is 1. The quantitative estimate of drug-likeness (QED) is 0.499. The largest absolute Gasteiger partial charge is 0.494 e. The van der Waals surface area contributed by atoms with Gasteiger partial charge in [0.05, 0.1) is 6.61 Å². The van der Waals surface area contributed by atoms with E-state index in [9.17, 15) is 4.79 Å². The van der Waals surface area contributed by atoms with Crippen molar-refractivity contribution < 1.29 is 9.53 Å². The van der Waals surface area contributed by atoms with Crippen molar-refractivity contribution in [3.05, 3.63) is 51.9 Å². The number of unbranched alkanes of at least 4 members (excludes halogenated alkanes) is 2. The molecular formula is C18H21IN2O2. The first-order chi connectivity index (χ1) is 11.1. The maximum atomic E-state index is 11.9. The lowest BCUT2D eigenvalue weighted by Crippen LogP contribution is -2.11. The van der Waals surface area contributed by atoms with Crippen LogP contribution in [0.1, 0.15) is 31.4 Å². The van der Waals surface area contributed by atoms with Crippen LogP contribution >= 0.6 is 22.6 Å². The van der Waals surface area contributed by atoms with E-state index in [1.54, 1.807) is 12.3 Å². The molecule has 0 fully saturated rings. The molecule has 122 valence electrons. The summed E-state index contributed by atoms with van der Waals surface area (Å²) < 4.78 is 6.86. The summed E-state index contributed by atoms with van der Waals surface area (Å²) in [6.45, 7) is 2.59. The molecule has 0 radical (unpaired) electrons. The van der Waals surface area contributed by atoms with E-state index in [0.29, 0.717) is 13.0 Å². The van der Waals surface area contributed by atoms with Gasteiger partial charge in [0.1, 0.15) is 5.75 Å². The zero-order valence-corrected chi connectivity index (χ0v) is 15.4. The van der Waals surface area contributed by atoms with Crippen LogP contribution in [0.2, 0.25) is 0 Å². The molecule has 2 rings (SSSR count). The number of hydrogen-bond donors (Lipinski definition) is 1. The highest BCUT2D eigenvalue weighted by Gasteiger charge is 2.03. The molecule has 1 N–H and O–H groups in total.